The zero-order valence-electron chi connectivity index (χ0n) is 15.0. The van der Waals surface area contributed by atoms with E-state index >= 15 is 0 Å². The highest BCUT2D eigenvalue weighted by Crippen LogP contribution is 2.47. The van der Waals surface area contributed by atoms with Crippen LogP contribution in [0.25, 0.3) is 0 Å². The Hall–Kier alpha value is -1.81. The maximum atomic E-state index is 10.6. The summed E-state index contributed by atoms with van der Waals surface area (Å²) >= 11 is 3.55. The predicted octanol–water partition coefficient (Wildman–Crippen LogP) is 5.04. The molecule has 0 amide bonds. The van der Waals surface area contributed by atoms with Gasteiger partial charge in [-0.25, -0.2) is 0 Å². The molecule has 3 nitrogen and oxygen atoms in total. The van der Waals surface area contributed by atoms with Crippen molar-refractivity contribution < 1.29 is 9.84 Å². The number of phenols is 1. The monoisotopic (exact) mass is 399 g/mol. The molecule has 0 aromatic heterocycles. The molecule has 0 unspecified atom stereocenters. The minimum absolute atomic E-state index is 0.192. The van der Waals surface area contributed by atoms with Crippen molar-refractivity contribution in [2.45, 2.75) is 51.7 Å². The molecule has 0 atom stereocenters. The number of phenolic OH excluding ortho intramolecular Hbond substituents is 1. The first-order chi connectivity index (χ1) is 11.7. The number of ether oxygens (including phenoxy) is 1. The second kappa shape index (κ2) is 5.34. The van der Waals surface area contributed by atoms with Crippen molar-refractivity contribution in [1.82, 2.24) is 0 Å². The molecule has 2 aromatic rings. The molecular formula is C21H22BrNO2. The number of rotatable bonds is 1. The third-order valence-corrected chi connectivity index (χ3v) is 5.33. The molecule has 1 N–H and O–H groups in total. The highest BCUT2D eigenvalue weighted by Gasteiger charge is 2.39. The summed E-state index contributed by atoms with van der Waals surface area (Å²) in [5.74, 6) is 0.858. The standard InChI is InChI=1S/C21H22BrNO2/c1-20(2)10-15-14(18(23-20)12-6-5-7-13(22)8-12)9-17(24)19-16(15)11-21(3,4)25-19/h5-9,24H,10-11H2,1-4H3. The first-order valence-electron chi connectivity index (χ1n) is 8.58. The lowest BCUT2D eigenvalue weighted by atomic mass is 9.81. The molecule has 2 aliphatic heterocycles. The van der Waals surface area contributed by atoms with Gasteiger partial charge in [-0.15, -0.1) is 0 Å². The lowest BCUT2D eigenvalue weighted by molar-refractivity contribution is 0.134. The molecule has 0 fully saturated rings. The number of aliphatic imine (C=N–C) groups is 1. The van der Waals surface area contributed by atoms with Crippen LogP contribution in [-0.2, 0) is 12.8 Å². The van der Waals surface area contributed by atoms with Gasteiger partial charge >= 0.3 is 0 Å². The van der Waals surface area contributed by atoms with E-state index < -0.39 is 0 Å². The van der Waals surface area contributed by atoms with Crippen LogP contribution >= 0.6 is 15.9 Å². The van der Waals surface area contributed by atoms with Crippen LogP contribution in [0.1, 0.15) is 49.9 Å². The van der Waals surface area contributed by atoms with E-state index in [2.05, 4.69) is 55.8 Å². The van der Waals surface area contributed by atoms with E-state index in [9.17, 15) is 5.11 Å². The van der Waals surface area contributed by atoms with Crippen LogP contribution in [0.5, 0.6) is 11.5 Å². The van der Waals surface area contributed by atoms with Gasteiger partial charge in [-0.3, -0.25) is 4.99 Å². The fraction of sp³-hybridized carbons (Fsp3) is 0.381. The number of aromatic hydroxyl groups is 1. The minimum atomic E-state index is -0.288. The van der Waals surface area contributed by atoms with E-state index in [0.717, 1.165) is 39.7 Å². The fourth-order valence-electron chi connectivity index (χ4n) is 3.89. The van der Waals surface area contributed by atoms with Gasteiger partial charge in [-0.2, -0.15) is 0 Å². The molecule has 2 aliphatic rings. The van der Waals surface area contributed by atoms with Crippen molar-refractivity contribution in [3.8, 4) is 11.5 Å². The number of fused-ring (bicyclic) bond motifs is 3. The summed E-state index contributed by atoms with van der Waals surface area (Å²) in [6.07, 6.45) is 1.66. The Kier molecular flexibility index (Phi) is 3.56. The SMILES string of the molecule is CC1(C)Cc2c(cc(O)c3c2CC(C)(C)O3)C(c2cccc(Br)c2)=N1. The molecule has 4 heteroatoms. The van der Waals surface area contributed by atoms with E-state index in [4.69, 9.17) is 9.73 Å². The first-order valence-corrected chi connectivity index (χ1v) is 9.37. The van der Waals surface area contributed by atoms with E-state index in [1.54, 1.807) is 0 Å². The molecular weight excluding hydrogens is 378 g/mol. The summed E-state index contributed by atoms with van der Waals surface area (Å²) in [7, 11) is 0. The lowest BCUT2D eigenvalue weighted by Gasteiger charge is -2.31. The van der Waals surface area contributed by atoms with Crippen LogP contribution in [0.4, 0.5) is 0 Å². The van der Waals surface area contributed by atoms with Gasteiger partial charge in [0.2, 0.25) is 0 Å². The second-order valence-electron chi connectivity index (χ2n) is 8.23. The lowest BCUT2D eigenvalue weighted by Crippen LogP contribution is -2.30. The Morgan fingerprint density at radius 2 is 1.84 bits per heavy atom. The van der Waals surface area contributed by atoms with Crippen molar-refractivity contribution in [2.75, 3.05) is 0 Å². The molecule has 0 radical (unpaired) electrons. The summed E-state index contributed by atoms with van der Waals surface area (Å²) in [5, 5.41) is 10.6. The van der Waals surface area contributed by atoms with Gasteiger partial charge in [0.15, 0.2) is 11.5 Å². The maximum Gasteiger partial charge on any atom is 0.165 e. The van der Waals surface area contributed by atoms with E-state index in [0.29, 0.717) is 5.75 Å². The van der Waals surface area contributed by atoms with E-state index in [1.807, 2.05) is 18.2 Å². The summed E-state index contributed by atoms with van der Waals surface area (Å²) in [4.78, 5) is 5.01. The normalized spacial score (nSPS) is 19.6. The van der Waals surface area contributed by atoms with Crippen LogP contribution in [0.15, 0.2) is 39.8 Å². The zero-order valence-corrected chi connectivity index (χ0v) is 16.6. The van der Waals surface area contributed by atoms with Gasteiger partial charge in [-0.1, -0.05) is 28.1 Å². The van der Waals surface area contributed by atoms with Crippen LogP contribution in [-0.4, -0.2) is 22.0 Å². The van der Waals surface area contributed by atoms with Gasteiger partial charge in [0.25, 0.3) is 0 Å². The van der Waals surface area contributed by atoms with Gasteiger partial charge < -0.3 is 9.84 Å². The number of hydrogen-bond acceptors (Lipinski definition) is 3. The quantitative estimate of drug-likeness (QED) is 0.729. The predicted molar refractivity (Wildman–Crippen MR) is 104 cm³/mol. The topological polar surface area (TPSA) is 41.8 Å². The number of halogens is 1. The van der Waals surface area contributed by atoms with E-state index in [1.165, 1.54) is 5.56 Å². The molecule has 0 aliphatic carbocycles. The molecule has 0 spiro atoms. The number of benzene rings is 2. The maximum absolute atomic E-state index is 10.6. The van der Waals surface area contributed by atoms with Crippen molar-refractivity contribution in [3.05, 3.63) is 57.1 Å². The van der Waals surface area contributed by atoms with Gasteiger partial charge in [0.1, 0.15) is 5.60 Å². The summed E-state index contributed by atoms with van der Waals surface area (Å²) in [5.41, 5.74) is 4.93. The smallest absolute Gasteiger partial charge is 0.165 e. The Bertz CT molecular complexity index is 912. The van der Waals surface area contributed by atoms with Crippen LogP contribution in [0, 0.1) is 0 Å². The second-order valence-corrected chi connectivity index (χ2v) is 9.14. The Labute approximate surface area is 156 Å². The highest BCUT2D eigenvalue weighted by atomic mass is 79.9. The Morgan fingerprint density at radius 3 is 2.56 bits per heavy atom. The Morgan fingerprint density at radius 1 is 1.08 bits per heavy atom. The van der Waals surface area contributed by atoms with Gasteiger partial charge in [0, 0.05) is 27.6 Å². The van der Waals surface area contributed by atoms with Crippen LogP contribution < -0.4 is 4.74 Å². The molecule has 0 saturated heterocycles. The molecule has 130 valence electrons. The third-order valence-electron chi connectivity index (χ3n) is 4.84. The third kappa shape index (κ3) is 2.86. The van der Waals surface area contributed by atoms with Crippen molar-refractivity contribution in [2.24, 2.45) is 4.99 Å². The summed E-state index contributed by atoms with van der Waals surface area (Å²) in [6, 6.07) is 10.00. The van der Waals surface area contributed by atoms with Gasteiger partial charge in [-0.05, 0) is 57.9 Å². The molecule has 25 heavy (non-hydrogen) atoms. The fourth-order valence-corrected chi connectivity index (χ4v) is 4.29. The van der Waals surface area contributed by atoms with E-state index in [-0.39, 0.29) is 16.9 Å². The molecule has 0 saturated carbocycles. The van der Waals surface area contributed by atoms with Gasteiger partial charge in [0.05, 0.1) is 11.3 Å². The minimum Gasteiger partial charge on any atom is -0.504 e. The highest BCUT2D eigenvalue weighted by molar-refractivity contribution is 9.10. The first kappa shape index (κ1) is 16.6. The number of nitrogens with zero attached hydrogens (tertiary/aromatic N) is 1. The zero-order chi connectivity index (χ0) is 18.0. The molecule has 2 aromatic carbocycles. The van der Waals surface area contributed by atoms with Crippen molar-refractivity contribution >= 4 is 21.6 Å². The summed E-state index contributed by atoms with van der Waals surface area (Å²) in [6.45, 7) is 8.45. The molecule has 4 rings (SSSR count). The largest absolute Gasteiger partial charge is 0.504 e. The average Bonchev–Trinajstić information content (AvgIpc) is 2.84. The summed E-state index contributed by atoms with van der Waals surface area (Å²) < 4.78 is 7.04. The average molecular weight is 400 g/mol. The molecule has 0 bridgehead atoms. The Balaban J connectivity index is 1.96. The number of hydrogen-bond donors (Lipinski definition) is 1. The van der Waals surface area contributed by atoms with Crippen molar-refractivity contribution in [1.29, 1.82) is 0 Å². The molecule has 2 heterocycles. The van der Waals surface area contributed by atoms with Crippen LogP contribution in [0.3, 0.4) is 0 Å². The van der Waals surface area contributed by atoms with Crippen molar-refractivity contribution in [3.63, 3.8) is 0 Å². The van der Waals surface area contributed by atoms with Crippen LogP contribution in [0.2, 0.25) is 0 Å².